The average molecular weight is 288 g/mol. The maximum absolute atomic E-state index is 14.0. The van der Waals surface area contributed by atoms with E-state index in [0.29, 0.717) is 15.7 Å². The summed E-state index contributed by atoms with van der Waals surface area (Å²) in [5.41, 5.74) is 7.96. The van der Waals surface area contributed by atoms with Gasteiger partial charge >= 0.3 is 0 Å². The number of nitrogens with zero attached hydrogens (tertiary/aromatic N) is 1. The van der Waals surface area contributed by atoms with Crippen LogP contribution in [0.2, 0.25) is 0 Å². The summed E-state index contributed by atoms with van der Waals surface area (Å²) in [6, 6.07) is 12.2. The minimum Gasteiger partial charge on any atom is -0.431 e. The largest absolute Gasteiger partial charge is 0.431 e. The lowest BCUT2D eigenvalue weighted by Crippen LogP contribution is -2.05. The van der Waals surface area contributed by atoms with Crippen molar-refractivity contribution in [3.05, 3.63) is 53.8 Å². The maximum Gasteiger partial charge on any atom is 0.261 e. The first kappa shape index (κ1) is 13.1. The van der Waals surface area contributed by atoms with E-state index in [4.69, 9.17) is 10.2 Å². The van der Waals surface area contributed by atoms with Crippen molar-refractivity contribution >= 4 is 22.9 Å². The monoisotopic (exact) mass is 288 g/mol. The molecule has 0 fully saturated rings. The Morgan fingerprint density at radius 2 is 2.05 bits per heavy atom. The molecule has 0 radical (unpaired) electrons. The molecule has 2 aromatic carbocycles. The Hall–Kier alpha value is -1.85. The van der Waals surface area contributed by atoms with Crippen LogP contribution >= 0.6 is 11.8 Å². The van der Waals surface area contributed by atoms with E-state index in [0.717, 1.165) is 11.1 Å². The topological polar surface area (TPSA) is 52.0 Å². The molecule has 5 heteroatoms. The van der Waals surface area contributed by atoms with Gasteiger partial charge in [0.25, 0.3) is 5.22 Å². The molecule has 102 valence electrons. The summed E-state index contributed by atoms with van der Waals surface area (Å²) in [7, 11) is 0. The van der Waals surface area contributed by atoms with E-state index in [1.54, 1.807) is 6.07 Å². The summed E-state index contributed by atoms with van der Waals surface area (Å²) in [4.78, 5) is 4.78. The molecule has 3 aromatic rings. The smallest absolute Gasteiger partial charge is 0.261 e. The Bertz CT molecular complexity index is 721. The van der Waals surface area contributed by atoms with Crippen LogP contribution in [0.15, 0.2) is 57.0 Å². The molecule has 1 unspecified atom stereocenters. The van der Waals surface area contributed by atoms with Gasteiger partial charge in [0.1, 0.15) is 11.3 Å². The molecule has 0 aliphatic rings. The molecule has 3 nitrogen and oxygen atoms in total. The van der Waals surface area contributed by atoms with Crippen LogP contribution in [0.4, 0.5) is 4.39 Å². The SMILES string of the molecule is CC(N)c1ccc(Sc2nc3ccccc3o2)c(F)c1. The van der Waals surface area contributed by atoms with Crippen molar-refractivity contribution in [2.24, 2.45) is 5.73 Å². The highest BCUT2D eigenvalue weighted by Crippen LogP contribution is 2.32. The summed E-state index contributed by atoms with van der Waals surface area (Å²) in [5.74, 6) is -0.313. The van der Waals surface area contributed by atoms with Crippen molar-refractivity contribution in [1.29, 1.82) is 0 Å². The highest BCUT2D eigenvalue weighted by molar-refractivity contribution is 7.99. The van der Waals surface area contributed by atoms with Crippen LogP contribution in [-0.2, 0) is 0 Å². The van der Waals surface area contributed by atoms with Gasteiger partial charge in [0, 0.05) is 6.04 Å². The highest BCUT2D eigenvalue weighted by Gasteiger charge is 2.12. The van der Waals surface area contributed by atoms with Gasteiger partial charge in [-0.3, -0.25) is 0 Å². The predicted molar refractivity (Wildman–Crippen MR) is 77.1 cm³/mol. The molecule has 20 heavy (non-hydrogen) atoms. The van der Waals surface area contributed by atoms with Crippen LogP contribution in [0, 0.1) is 5.82 Å². The first-order valence-electron chi connectivity index (χ1n) is 6.22. The van der Waals surface area contributed by atoms with Crippen LogP contribution in [-0.4, -0.2) is 4.98 Å². The summed E-state index contributed by atoms with van der Waals surface area (Å²) < 4.78 is 19.6. The fourth-order valence-corrected chi connectivity index (χ4v) is 2.63. The molecule has 0 aliphatic heterocycles. The van der Waals surface area contributed by atoms with Crippen molar-refractivity contribution in [3.63, 3.8) is 0 Å². The van der Waals surface area contributed by atoms with Gasteiger partial charge in [-0.25, -0.2) is 9.37 Å². The molecule has 0 amide bonds. The Kier molecular flexibility index (Phi) is 3.46. The number of fused-ring (bicyclic) bond motifs is 1. The predicted octanol–water partition coefficient (Wildman–Crippen LogP) is 4.14. The van der Waals surface area contributed by atoms with Crippen molar-refractivity contribution in [2.75, 3.05) is 0 Å². The molecule has 0 spiro atoms. The molecule has 0 bridgehead atoms. The first-order valence-corrected chi connectivity index (χ1v) is 7.03. The number of oxazole rings is 1. The number of hydrogen-bond donors (Lipinski definition) is 1. The van der Waals surface area contributed by atoms with Gasteiger partial charge in [-0.15, -0.1) is 0 Å². The fraction of sp³-hybridized carbons (Fsp3) is 0.133. The summed E-state index contributed by atoms with van der Waals surface area (Å²) in [6.07, 6.45) is 0. The molecule has 1 aromatic heterocycles. The molecular formula is C15H13FN2OS. The number of aromatic nitrogens is 1. The number of benzene rings is 2. The molecule has 2 N–H and O–H groups in total. The van der Waals surface area contributed by atoms with Crippen molar-refractivity contribution < 1.29 is 8.81 Å². The van der Waals surface area contributed by atoms with Gasteiger partial charge in [-0.1, -0.05) is 18.2 Å². The minimum absolute atomic E-state index is 0.187. The average Bonchev–Trinajstić information content (AvgIpc) is 2.83. The second-order valence-corrected chi connectivity index (χ2v) is 5.52. The molecule has 1 heterocycles. The van der Waals surface area contributed by atoms with Crippen molar-refractivity contribution in [3.8, 4) is 0 Å². The lowest BCUT2D eigenvalue weighted by Gasteiger charge is -2.07. The number of halogens is 1. The normalized spacial score (nSPS) is 12.8. The van der Waals surface area contributed by atoms with E-state index < -0.39 is 0 Å². The van der Waals surface area contributed by atoms with E-state index >= 15 is 0 Å². The molecule has 0 saturated heterocycles. The zero-order chi connectivity index (χ0) is 14.1. The molecule has 3 rings (SSSR count). The van der Waals surface area contributed by atoms with E-state index in [1.165, 1.54) is 17.8 Å². The Labute approximate surface area is 120 Å². The Balaban J connectivity index is 1.90. The second kappa shape index (κ2) is 5.26. The van der Waals surface area contributed by atoms with Gasteiger partial charge < -0.3 is 10.2 Å². The third kappa shape index (κ3) is 2.55. The molecule has 0 aliphatic carbocycles. The molecule has 1 atom stereocenters. The van der Waals surface area contributed by atoms with Gasteiger partial charge in [-0.05, 0) is 48.5 Å². The van der Waals surface area contributed by atoms with E-state index in [1.807, 2.05) is 37.3 Å². The van der Waals surface area contributed by atoms with Gasteiger partial charge in [0.05, 0.1) is 4.90 Å². The van der Waals surface area contributed by atoms with Gasteiger partial charge in [0.2, 0.25) is 0 Å². The van der Waals surface area contributed by atoms with Crippen molar-refractivity contribution in [1.82, 2.24) is 4.98 Å². The van der Waals surface area contributed by atoms with Crippen LogP contribution in [0.25, 0.3) is 11.1 Å². The van der Waals surface area contributed by atoms with E-state index in [2.05, 4.69) is 4.98 Å². The number of para-hydroxylation sites is 2. The number of hydrogen-bond acceptors (Lipinski definition) is 4. The zero-order valence-electron chi connectivity index (χ0n) is 10.8. The van der Waals surface area contributed by atoms with Gasteiger partial charge in [0.15, 0.2) is 5.58 Å². The van der Waals surface area contributed by atoms with Crippen LogP contribution < -0.4 is 5.73 Å². The molecule has 0 saturated carbocycles. The van der Waals surface area contributed by atoms with Crippen LogP contribution in [0.5, 0.6) is 0 Å². The van der Waals surface area contributed by atoms with E-state index in [-0.39, 0.29) is 11.9 Å². The quantitative estimate of drug-likeness (QED) is 0.787. The summed E-state index contributed by atoms with van der Waals surface area (Å²) in [6.45, 7) is 1.82. The summed E-state index contributed by atoms with van der Waals surface area (Å²) in [5, 5.41) is 0.429. The molecular weight excluding hydrogens is 275 g/mol. The summed E-state index contributed by atoms with van der Waals surface area (Å²) >= 11 is 1.17. The Morgan fingerprint density at radius 1 is 1.25 bits per heavy atom. The van der Waals surface area contributed by atoms with Crippen LogP contribution in [0.1, 0.15) is 18.5 Å². The van der Waals surface area contributed by atoms with Gasteiger partial charge in [-0.2, -0.15) is 0 Å². The van der Waals surface area contributed by atoms with E-state index in [9.17, 15) is 4.39 Å². The highest BCUT2D eigenvalue weighted by atomic mass is 32.2. The second-order valence-electron chi connectivity index (χ2n) is 4.53. The van der Waals surface area contributed by atoms with Crippen LogP contribution in [0.3, 0.4) is 0 Å². The maximum atomic E-state index is 14.0. The van der Waals surface area contributed by atoms with Crippen molar-refractivity contribution in [2.45, 2.75) is 23.1 Å². The lowest BCUT2D eigenvalue weighted by atomic mass is 10.1. The lowest BCUT2D eigenvalue weighted by molar-refractivity contribution is 0.488. The Morgan fingerprint density at radius 3 is 2.75 bits per heavy atom. The minimum atomic E-state index is -0.313. The fourth-order valence-electron chi connectivity index (χ4n) is 1.87. The first-order chi connectivity index (χ1) is 9.63. The zero-order valence-corrected chi connectivity index (χ0v) is 11.7. The number of rotatable bonds is 3. The third-order valence-corrected chi connectivity index (χ3v) is 3.85. The standard InChI is InChI=1S/C15H13FN2OS/c1-9(17)10-6-7-14(11(16)8-10)20-15-18-12-4-2-3-5-13(12)19-15/h2-9H,17H2,1H3. The third-order valence-electron chi connectivity index (χ3n) is 2.95. The number of nitrogens with two attached hydrogens (primary N) is 1.